The maximum Gasteiger partial charge on any atom is 0.255 e. The van der Waals surface area contributed by atoms with Gasteiger partial charge in [0, 0.05) is 22.2 Å². The number of rotatable bonds is 11. The third-order valence-electron chi connectivity index (χ3n) is 8.30. The molecule has 0 saturated heterocycles. The smallest absolute Gasteiger partial charge is 0.255 e. The van der Waals surface area contributed by atoms with Crippen LogP contribution in [0.1, 0.15) is 53.3 Å². The van der Waals surface area contributed by atoms with Crippen molar-refractivity contribution in [2.75, 3.05) is 17.2 Å². The number of hydrogen-bond donors (Lipinski definition) is 2. The van der Waals surface area contributed by atoms with Crippen LogP contribution < -0.4 is 20.1 Å². The van der Waals surface area contributed by atoms with Crippen LogP contribution in [-0.4, -0.2) is 27.3 Å². The molecule has 2 heterocycles. The molecule has 5 aromatic rings. The van der Waals surface area contributed by atoms with Gasteiger partial charge in [-0.3, -0.25) is 4.79 Å². The Labute approximate surface area is 304 Å². The van der Waals surface area contributed by atoms with E-state index in [1.807, 2.05) is 94.4 Å². The van der Waals surface area contributed by atoms with Crippen LogP contribution in [0.25, 0.3) is 0 Å². The number of thioether (sulfide) groups is 1. The molecule has 1 aromatic heterocycles. The van der Waals surface area contributed by atoms with Crippen molar-refractivity contribution in [3.05, 3.63) is 133 Å². The monoisotopic (exact) mass is 757 g/mol. The number of ether oxygens (including phenoxy) is 2. The molecular weight excluding hydrogens is 722 g/mol. The number of aryl methyl sites for hydroxylation is 3. The second-order valence-corrected chi connectivity index (χ2v) is 14.1. The predicted molar refractivity (Wildman–Crippen MR) is 201 cm³/mol. The van der Waals surface area contributed by atoms with Crippen LogP contribution in [0, 0.1) is 20.8 Å². The molecule has 0 bridgehead atoms. The zero-order valence-corrected chi connectivity index (χ0v) is 31.1. The van der Waals surface area contributed by atoms with Crippen molar-refractivity contribution in [1.29, 1.82) is 0 Å². The summed E-state index contributed by atoms with van der Waals surface area (Å²) in [7, 11) is 0. The van der Waals surface area contributed by atoms with E-state index >= 15 is 0 Å². The predicted octanol–water partition coefficient (Wildman–Crippen LogP) is 9.82. The maximum absolute atomic E-state index is 14.3. The van der Waals surface area contributed by atoms with E-state index in [9.17, 15) is 4.79 Å². The van der Waals surface area contributed by atoms with Gasteiger partial charge in [0.15, 0.2) is 11.5 Å². The third-order valence-corrected chi connectivity index (χ3v) is 10.1. The number of nitrogens with zero attached hydrogens (tertiary/aromatic N) is 3. The molecule has 6 rings (SSSR count). The van der Waals surface area contributed by atoms with Crippen LogP contribution >= 0.6 is 39.3 Å². The molecule has 1 amide bonds. The van der Waals surface area contributed by atoms with E-state index in [-0.39, 0.29) is 5.91 Å². The number of hydrogen-bond acceptors (Lipinski definition) is 7. The van der Waals surface area contributed by atoms with Gasteiger partial charge in [0.1, 0.15) is 12.6 Å². The summed E-state index contributed by atoms with van der Waals surface area (Å²) in [6.07, 6.45) is 0. The average Bonchev–Trinajstić information content (AvgIpc) is 3.47. The number of benzene rings is 4. The fraction of sp³-hybridized carbons (Fsp3) is 0.237. The fourth-order valence-corrected chi connectivity index (χ4v) is 7.46. The minimum Gasteiger partial charge on any atom is -0.490 e. The van der Waals surface area contributed by atoms with Crippen molar-refractivity contribution in [3.8, 4) is 11.5 Å². The molecule has 2 N–H and O–H groups in total. The Morgan fingerprint density at radius 3 is 2.47 bits per heavy atom. The molecule has 0 saturated carbocycles. The molecule has 1 aliphatic rings. The number of halogens is 2. The van der Waals surface area contributed by atoms with Crippen molar-refractivity contribution < 1.29 is 14.3 Å². The van der Waals surface area contributed by atoms with Gasteiger partial charge in [-0.2, -0.15) is 4.98 Å². The van der Waals surface area contributed by atoms with Gasteiger partial charge >= 0.3 is 0 Å². The summed E-state index contributed by atoms with van der Waals surface area (Å²) in [6, 6.07) is 25.1. The van der Waals surface area contributed by atoms with Crippen molar-refractivity contribution in [2.24, 2.45) is 0 Å². The lowest BCUT2D eigenvalue weighted by Crippen LogP contribution is -2.31. The highest BCUT2D eigenvalue weighted by molar-refractivity contribution is 9.10. The molecule has 0 radical (unpaired) electrons. The molecule has 0 aliphatic carbocycles. The lowest BCUT2D eigenvalue weighted by Gasteiger charge is -2.29. The van der Waals surface area contributed by atoms with E-state index in [0.29, 0.717) is 62.3 Å². The molecule has 1 aliphatic heterocycles. The van der Waals surface area contributed by atoms with E-state index < -0.39 is 6.04 Å². The molecular formula is C38H37BrClN5O3S. The zero-order valence-electron chi connectivity index (χ0n) is 27.9. The van der Waals surface area contributed by atoms with E-state index in [1.54, 1.807) is 4.68 Å². The summed E-state index contributed by atoms with van der Waals surface area (Å²) in [6.45, 7) is 10.7. The van der Waals surface area contributed by atoms with E-state index in [2.05, 4.69) is 45.6 Å². The summed E-state index contributed by atoms with van der Waals surface area (Å²) >= 11 is 11.7. The van der Waals surface area contributed by atoms with Crippen LogP contribution in [0.4, 0.5) is 11.6 Å². The Balaban J connectivity index is 1.40. The number of aromatic nitrogens is 3. The normalized spacial score (nSPS) is 13.9. The molecule has 1 atom stereocenters. The first-order valence-electron chi connectivity index (χ1n) is 16.0. The van der Waals surface area contributed by atoms with Crippen LogP contribution in [-0.2, 0) is 17.2 Å². The first kappa shape index (κ1) is 34.6. The van der Waals surface area contributed by atoms with E-state index in [4.69, 9.17) is 31.2 Å². The molecule has 1 unspecified atom stereocenters. The highest BCUT2D eigenvalue weighted by Crippen LogP contribution is 2.44. The highest BCUT2D eigenvalue weighted by atomic mass is 79.9. The van der Waals surface area contributed by atoms with Crippen molar-refractivity contribution in [3.63, 3.8) is 0 Å². The molecule has 0 fully saturated rings. The van der Waals surface area contributed by atoms with Gasteiger partial charge in [0.05, 0.1) is 16.7 Å². The lowest BCUT2D eigenvalue weighted by atomic mass is 9.94. The number of amides is 1. The quantitative estimate of drug-likeness (QED) is 0.130. The van der Waals surface area contributed by atoms with Gasteiger partial charge in [-0.15, -0.1) is 5.10 Å². The summed E-state index contributed by atoms with van der Waals surface area (Å²) in [4.78, 5) is 19.1. The van der Waals surface area contributed by atoms with Crippen molar-refractivity contribution >= 4 is 56.8 Å². The van der Waals surface area contributed by atoms with Crippen molar-refractivity contribution in [1.82, 2.24) is 14.8 Å². The summed E-state index contributed by atoms with van der Waals surface area (Å²) in [5, 5.41) is 12.7. The van der Waals surface area contributed by atoms with Gasteiger partial charge in [0.25, 0.3) is 5.91 Å². The lowest BCUT2D eigenvalue weighted by molar-refractivity contribution is -0.113. The van der Waals surface area contributed by atoms with E-state index in [0.717, 1.165) is 39.1 Å². The highest BCUT2D eigenvalue weighted by Gasteiger charge is 2.36. The Kier molecular flexibility index (Phi) is 10.7. The fourth-order valence-electron chi connectivity index (χ4n) is 5.77. The standard InChI is InChI=1S/C38H37BrClN5O3S/c1-6-47-32-19-28(18-29(39)35(32)48-20-26-12-8-7-11-23(26)3)34-33(36(46)42-31-16-15-22(2)17-24(31)4)25(5)41-37-43-38(44-45(34)37)49-21-27-13-9-10-14-30(27)40/h7-19,34H,6,20-21H2,1-5H3,(H,42,46)(H,41,43,44). The number of nitrogens with one attached hydrogen (secondary N) is 2. The molecule has 11 heteroatoms. The first-order chi connectivity index (χ1) is 23.6. The minimum absolute atomic E-state index is 0.248. The second kappa shape index (κ2) is 15.1. The minimum atomic E-state index is -0.634. The van der Waals surface area contributed by atoms with Gasteiger partial charge in [-0.1, -0.05) is 83.5 Å². The third kappa shape index (κ3) is 7.66. The molecule has 49 heavy (non-hydrogen) atoms. The summed E-state index contributed by atoms with van der Waals surface area (Å²) < 4.78 is 15.0. The van der Waals surface area contributed by atoms with Gasteiger partial charge in [-0.25, -0.2) is 4.68 Å². The molecule has 252 valence electrons. The Bertz CT molecular complexity index is 2060. The second-order valence-electron chi connectivity index (χ2n) is 11.9. The number of fused-ring (bicyclic) bond motifs is 1. The number of allylic oxidation sites excluding steroid dienone is 1. The number of carbonyl (C=O) groups is 1. The Morgan fingerprint density at radius 1 is 0.980 bits per heavy atom. The van der Waals surface area contributed by atoms with Crippen molar-refractivity contribution in [2.45, 2.75) is 58.2 Å². The summed E-state index contributed by atoms with van der Waals surface area (Å²) in [5.41, 5.74) is 8.00. The van der Waals surface area contributed by atoms with Crippen LogP contribution in [0.5, 0.6) is 11.5 Å². The van der Waals surface area contributed by atoms with Gasteiger partial charge in [0.2, 0.25) is 11.1 Å². The largest absolute Gasteiger partial charge is 0.490 e. The summed E-state index contributed by atoms with van der Waals surface area (Å²) in [5.74, 6) is 2.01. The zero-order chi connectivity index (χ0) is 34.7. The van der Waals surface area contributed by atoms with E-state index in [1.165, 1.54) is 11.8 Å². The average molecular weight is 759 g/mol. The van der Waals surface area contributed by atoms with Gasteiger partial charge in [-0.05, 0) is 103 Å². The van der Waals surface area contributed by atoms with Crippen LogP contribution in [0.3, 0.4) is 0 Å². The Morgan fingerprint density at radius 2 is 1.73 bits per heavy atom. The molecule has 8 nitrogen and oxygen atoms in total. The van der Waals surface area contributed by atoms with Crippen LogP contribution in [0.2, 0.25) is 5.02 Å². The SMILES string of the molecule is CCOc1cc(C2C(C(=O)Nc3ccc(C)cc3C)=C(C)Nc3nc(SCc4ccccc4Cl)nn32)cc(Br)c1OCc1ccccc1C. The molecule has 4 aromatic carbocycles. The van der Waals surface area contributed by atoms with Crippen LogP contribution in [0.15, 0.2) is 99.8 Å². The topological polar surface area (TPSA) is 90.3 Å². The van der Waals surface area contributed by atoms with Gasteiger partial charge < -0.3 is 20.1 Å². The maximum atomic E-state index is 14.3. The number of carbonyl (C=O) groups excluding carboxylic acids is 1. The Hall–Kier alpha value is -4.25. The first-order valence-corrected chi connectivity index (χ1v) is 18.1. The number of anilines is 2. The molecule has 0 spiro atoms.